The highest BCUT2D eigenvalue weighted by atomic mass is 19.1. The molecule has 0 aromatic heterocycles. The van der Waals surface area contributed by atoms with Crippen LogP contribution >= 0.6 is 0 Å². The minimum Gasteiger partial charge on any atom is -0.491 e. The van der Waals surface area contributed by atoms with Crippen molar-refractivity contribution in [1.29, 1.82) is 0 Å². The van der Waals surface area contributed by atoms with Crippen molar-refractivity contribution in [2.45, 2.75) is 155 Å². The van der Waals surface area contributed by atoms with E-state index in [0.717, 1.165) is 56.3 Å². The largest absolute Gasteiger partial charge is 0.491 e. The quantitative estimate of drug-likeness (QED) is 0.136. The minimum absolute atomic E-state index is 0.0375. The Kier molecular flexibility index (Phi) is 15.3. The van der Waals surface area contributed by atoms with Crippen molar-refractivity contribution in [2.24, 2.45) is 17.8 Å². The van der Waals surface area contributed by atoms with E-state index in [0.29, 0.717) is 6.61 Å². The molecule has 222 valence electrons. The third-order valence-corrected chi connectivity index (χ3v) is 9.44. The first-order valence-electron chi connectivity index (χ1n) is 16.7. The van der Waals surface area contributed by atoms with Crippen LogP contribution in [0.25, 0.3) is 0 Å². The lowest BCUT2D eigenvalue weighted by atomic mass is 9.70. The zero-order valence-electron chi connectivity index (χ0n) is 25.2. The van der Waals surface area contributed by atoms with Crippen LogP contribution in [0.5, 0.6) is 5.75 Å². The maximum Gasteiger partial charge on any atom is 0.338 e. The second kappa shape index (κ2) is 18.7. The monoisotopic (exact) mass is 544 g/mol. The topological polar surface area (TPSA) is 35.5 Å². The number of ether oxygens (including phenoxy) is 2. The molecule has 0 atom stereocenters. The molecule has 0 saturated heterocycles. The first kappa shape index (κ1) is 31.9. The van der Waals surface area contributed by atoms with Crippen molar-refractivity contribution in [3.05, 3.63) is 29.6 Å². The summed E-state index contributed by atoms with van der Waals surface area (Å²) in [4.78, 5) is 12.7. The number of carbonyl (C=O) groups excluding carboxylic acids is 1. The van der Waals surface area contributed by atoms with Gasteiger partial charge in [0, 0.05) is 0 Å². The van der Waals surface area contributed by atoms with Crippen LogP contribution in [0.4, 0.5) is 4.39 Å². The van der Waals surface area contributed by atoms with Crippen LogP contribution in [0.1, 0.15) is 159 Å². The van der Waals surface area contributed by atoms with Gasteiger partial charge >= 0.3 is 5.97 Å². The Bertz CT molecular complexity index is 793. The fraction of sp³-hybridized carbons (Fsp3) is 0.800. The van der Waals surface area contributed by atoms with E-state index in [9.17, 15) is 9.18 Å². The highest BCUT2D eigenvalue weighted by molar-refractivity contribution is 5.89. The number of unbranched alkanes of at least 4 members (excludes halogenated alkanes) is 10. The van der Waals surface area contributed by atoms with Crippen LogP contribution < -0.4 is 4.74 Å². The highest BCUT2D eigenvalue weighted by Gasteiger charge is 2.32. The molecule has 2 aliphatic rings. The molecule has 3 rings (SSSR count). The van der Waals surface area contributed by atoms with Gasteiger partial charge in [0.05, 0.1) is 12.2 Å². The average Bonchev–Trinajstić information content (AvgIpc) is 2.96. The molecule has 2 aliphatic carbocycles. The predicted molar refractivity (Wildman–Crippen MR) is 160 cm³/mol. The van der Waals surface area contributed by atoms with Gasteiger partial charge in [0.15, 0.2) is 11.6 Å². The molecule has 4 heteroatoms. The zero-order chi connectivity index (χ0) is 27.7. The van der Waals surface area contributed by atoms with Crippen molar-refractivity contribution in [2.75, 3.05) is 6.61 Å². The van der Waals surface area contributed by atoms with E-state index in [1.165, 1.54) is 102 Å². The van der Waals surface area contributed by atoms with Gasteiger partial charge in [-0.05, 0) is 80.9 Å². The number of carbonyl (C=O) groups is 1. The second-order valence-electron chi connectivity index (χ2n) is 12.5. The van der Waals surface area contributed by atoms with Crippen molar-refractivity contribution in [1.82, 2.24) is 0 Å². The molecule has 1 aromatic carbocycles. The minimum atomic E-state index is -0.480. The van der Waals surface area contributed by atoms with Crippen LogP contribution in [0.3, 0.4) is 0 Å². The summed E-state index contributed by atoms with van der Waals surface area (Å²) >= 11 is 0. The molecule has 39 heavy (non-hydrogen) atoms. The van der Waals surface area contributed by atoms with Crippen LogP contribution in [0.2, 0.25) is 0 Å². The van der Waals surface area contributed by atoms with E-state index in [1.54, 1.807) is 12.1 Å². The Labute approximate surface area is 239 Å². The number of hydrogen-bond donors (Lipinski definition) is 0. The molecule has 0 amide bonds. The van der Waals surface area contributed by atoms with Gasteiger partial charge in [-0.3, -0.25) is 0 Å². The number of halogens is 1. The molecule has 1 aromatic rings. The molecule has 2 fully saturated rings. The van der Waals surface area contributed by atoms with Gasteiger partial charge in [0.2, 0.25) is 0 Å². The standard InChI is InChI=1S/C35H57FO3/c1-3-5-7-9-11-13-15-28-16-18-29(19-17-28)30-20-23-32(24-21-30)39-35(37)31-22-25-34(33(36)27-31)38-26-14-12-10-8-6-4-2/h22,25,27-30,32H,3-21,23-24,26H2,1-2H3. The Morgan fingerprint density at radius 1 is 0.744 bits per heavy atom. The highest BCUT2D eigenvalue weighted by Crippen LogP contribution is 2.41. The summed E-state index contributed by atoms with van der Waals surface area (Å²) in [7, 11) is 0. The summed E-state index contributed by atoms with van der Waals surface area (Å²) < 4.78 is 26.0. The summed E-state index contributed by atoms with van der Waals surface area (Å²) in [5.41, 5.74) is 0.283. The van der Waals surface area contributed by atoms with Crippen LogP contribution in [0.15, 0.2) is 18.2 Å². The summed E-state index contributed by atoms with van der Waals surface area (Å²) in [6.45, 7) is 5.00. The molecule has 0 unspecified atom stereocenters. The van der Waals surface area contributed by atoms with Gasteiger partial charge in [0.25, 0.3) is 0 Å². The van der Waals surface area contributed by atoms with Crippen molar-refractivity contribution in [3.8, 4) is 5.75 Å². The summed E-state index contributed by atoms with van der Waals surface area (Å²) in [6.07, 6.45) is 26.6. The van der Waals surface area contributed by atoms with Crippen molar-refractivity contribution < 1.29 is 18.7 Å². The maximum absolute atomic E-state index is 14.5. The Morgan fingerprint density at radius 3 is 1.92 bits per heavy atom. The molecule has 0 aliphatic heterocycles. The van der Waals surface area contributed by atoms with E-state index in [1.807, 2.05) is 0 Å². The van der Waals surface area contributed by atoms with Crippen molar-refractivity contribution in [3.63, 3.8) is 0 Å². The Hall–Kier alpha value is -1.58. The lowest BCUT2D eigenvalue weighted by Crippen LogP contribution is -2.29. The smallest absolute Gasteiger partial charge is 0.338 e. The molecular weight excluding hydrogens is 487 g/mol. The molecular formula is C35H57FO3. The number of esters is 1. The fourth-order valence-corrected chi connectivity index (χ4v) is 6.87. The second-order valence-corrected chi connectivity index (χ2v) is 12.5. The molecule has 0 spiro atoms. The van der Waals surface area contributed by atoms with Gasteiger partial charge in [-0.1, -0.05) is 104 Å². The van der Waals surface area contributed by atoms with Gasteiger partial charge in [0.1, 0.15) is 6.10 Å². The number of rotatable bonds is 18. The first-order valence-corrected chi connectivity index (χ1v) is 16.7. The van der Waals surface area contributed by atoms with Crippen molar-refractivity contribution >= 4 is 5.97 Å². The molecule has 2 saturated carbocycles. The van der Waals surface area contributed by atoms with Gasteiger partial charge in [-0.15, -0.1) is 0 Å². The van der Waals surface area contributed by atoms with E-state index in [-0.39, 0.29) is 17.4 Å². The summed E-state index contributed by atoms with van der Waals surface area (Å²) in [6, 6.07) is 4.48. The van der Waals surface area contributed by atoms with E-state index in [4.69, 9.17) is 9.47 Å². The van der Waals surface area contributed by atoms with Crippen LogP contribution in [0, 0.1) is 23.6 Å². The van der Waals surface area contributed by atoms with E-state index < -0.39 is 11.8 Å². The first-order chi connectivity index (χ1) is 19.1. The molecule has 3 nitrogen and oxygen atoms in total. The van der Waals surface area contributed by atoms with Gasteiger partial charge < -0.3 is 9.47 Å². The van der Waals surface area contributed by atoms with E-state index in [2.05, 4.69) is 13.8 Å². The van der Waals surface area contributed by atoms with Gasteiger partial charge in [-0.2, -0.15) is 0 Å². The Balaban J connectivity index is 1.29. The third-order valence-electron chi connectivity index (χ3n) is 9.44. The third kappa shape index (κ3) is 11.8. The fourth-order valence-electron chi connectivity index (χ4n) is 6.87. The maximum atomic E-state index is 14.5. The predicted octanol–water partition coefficient (Wildman–Crippen LogP) is 10.8. The van der Waals surface area contributed by atoms with Crippen LogP contribution in [-0.4, -0.2) is 18.7 Å². The molecule has 0 bridgehead atoms. The lowest BCUT2D eigenvalue weighted by molar-refractivity contribution is 0.0109. The average molecular weight is 545 g/mol. The lowest BCUT2D eigenvalue weighted by Gasteiger charge is -2.37. The zero-order valence-corrected chi connectivity index (χ0v) is 25.2. The summed E-state index contributed by atoms with van der Waals surface area (Å²) in [5.74, 6) is 1.94. The Morgan fingerprint density at radius 2 is 1.31 bits per heavy atom. The SMILES string of the molecule is CCCCCCCCOc1ccc(C(=O)OC2CCC(C3CCC(CCCCCCCC)CC3)CC2)cc1F. The normalized spacial score (nSPS) is 23.5. The number of benzene rings is 1. The number of hydrogen-bond acceptors (Lipinski definition) is 3. The summed E-state index contributed by atoms with van der Waals surface area (Å²) in [5, 5.41) is 0. The molecule has 0 N–H and O–H groups in total. The van der Waals surface area contributed by atoms with Crippen LogP contribution in [-0.2, 0) is 4.74 Å². The molecule has 0 heterocycles. The molecule has 0 radical (unpaired) electrons. The van der Waals surface area contributed by atoms with Gasteiger partial charge in [-0.25, -0.2) is 9.18 Å². The van der Waals surface area contributed by atoms with E-state index >= 15 is 0 Å².